The Balaban J connectivity index is 1.76. The number of anilines is 1. The lowest BCUT2D eigenvalue weighted by atomic mass is 10.2. The third-order valence-corrected chi connectivity index (χ3v) is 4.06. The lowest BCUT2D eigenvalue weighted by Gasteiger charge is -2.17. The molecule has 0 saturated carbocycles. The van der Waals surface area contributed by atoms with E-state index in [1.165, 1.54) is 0 Å². The van der Waals surface area contributed by atoms with E-state index in [0.717, 1.165) is 22.4 Å². The predicted molar refractivity (Wildman–Crippen MR) is 89.1 cm³/mol. The van der Waals surface area contributed by atoms with E-state index in [1.54, 1.807) is 29.7 Å². The summed E-state index contributed by atoms with van der Waals surface area (Å²) >= 11 is 0. The first-order valence-electron chi connectivity index (χ1n) is 7.69. The number of fused-ring (bicyclic) bond motifs is 1. The van der Waals surface area contributed by atoms with Crippen LogP contribution in [0.25, 0.3) is 11.4 Å². The molecular formula is C18H15N5O. The number of nitrogens with zero attached hydrogens (tertiary/aromatic N) is 5. The van der Waals surface area contributed by atoms with Gasteiger partial charge in [0.2, 0.25) is 5.91 Å². The monoisotopic (exact) mass is 317 g/mol. The fourth-order valence-corrected chi connectivity index (χ4v) is 2.84. The van der Waals surface area contributed by atoms with E-state index >= 15 is 0 Å². The maximum atomic E-state index is 12.5. The third kappa shape index (κ3) is 2.52. The minimum Gasteiger partial charge on any atom is -0.292 e. The van der Waals surface area contributed by atoms with Crippen molar-refractivity contribution in [2.75, 3.05) is 4.90 Å². The molecular weight excluding hydrogens is 302 g/mol. The molecule has 0 aliphatic carbocycles. The Morgan fingerprint density at radius 2 is 1.88 bits per heavy atom. The van der Waals surface area contributed by atoms with Crippen molar-refractivity contribution in [2.45, 2.75) is 19.9 Å². The smallest absolute Gasteiger partial charge is 0.233 e. The van der Waals surface area contributed by atoms with Crippen molar-refractivity contribution >= 4 is 11.7 Å². The molecule has 1 aliphatic heterocycles. The molecule has 0 fully saturated rings. The maximum Gasteiger partial charge on any atom is 0.233 e. The molecule has 0 radical (unpaired) electrons. The molecule has 0 aromatic carbocycles. The second kappa shape index (κ2) is 5.81. The number of hydrogen-bond donors (Lipinski definition) is 0. The third-order valence-electron chi connectivity index (χ3n) is 4.06. The summed E-state index contributed by atoms with van der Waals surface area (Å²) in [6.45, 7) is 2.38. The lowest BCUT2D eigenvalue weighted by molar-refractivity contribution is -0.117. The van der Waals surface area contributed by atoms with Gasteiger partial charge in [-0.05, 0) is 30.7 Å². The quantitative estimate of drug-likeness (QED) is 0.741. The van der Waals surface area contributed by atoms with Gasteiger partial charge in [0.25, 0.3) is 0 Å². The second-order valence-electron chi connectivity index (χ2n) is 5.69. The van der Waals surface area contributed by atoms with E-state index in [2.05, 4.69) is 19.9 Å². The molecule has 1 aliphatic rings. The molecule has 118 valence electrons. The summed E-state index contributed by atoms with van der Waals surface area (Å²) in [4.78, 5) is 31.6. The van der Waals surface area contributed by atoms with Crippen LogP contribution in [0.5, 0.6) is 0 Å². The number of aryl methyl sites for hydroxylation is 1. The number of aromatic nitrogens is 4. The highest BCUT2D eigenvalue weighted by atomic mass is 16.2. The molecule has 6 heteroatoms. The molecule has 1 amide bonds. The Labute approximate surface area is 139 Å². The normalized spacial score (nSPS) is 13.2. The van der Waals surface area contributed by atoms with Crippen LogP contribution in [0.3, 0.4) is 0 Å². The summed E-state index contributed by atoms with van der Waals surface area (Å²) in [6, 6.07) is 7.58. The van der Waals surface area contributed by atoms with Crippen molar-refractivity contribution in [3.05, 3.63) is 65.9 Å². The number of pyridine rings is 2. The molecule has 4 rings (SSSR count). The fourth-order valence-electron chi connectivity index (χ4n) is 2.84. The number of hydrogen-bond acceptors (Lipinski definition) is 5. The van der Waals surface area contributed by atoms with Gasteiger partial charge in [-0.2, -0.15) is 0 Å². The molecule has 0 saturated heterocycles. The van der Waals surface area contributed by atoms with Crippen LogP contribution in [0.1, 0.15) is 16.8 Å². The second-order valence-corrected chi connectivity index (χ2v) is 5.69. The SMILES string of the molecule is Cc1nc(-c2cccnc2)nc2c1CC(=O)N2Cc1cccnc1. The summed E-state index contributed by atoms with van der Waals surface area (Å²) in [5.41, 5.74) is 3.54. The number of carbonyl (C=O) groups excluding carboxylic acids is 1. The first kappa shape index (κ1) is 14.4. The number of rotatable bonds is 3. The van der Waals surface area contributed by atoms with Gasteiger partial charge in [0.05, 0.1) is 13.0 Å². The molecule has 0 atom stereocenters. The topological polar surface area (TPSA) is 71.9 Å². The Bertz CT molecular complexity index is 896. The number of amides is 1. The van der Waals surface area contributed by atoms with E-state index < -0.39 is 0 Å². The van der Waals surface area contributed by atoms with E-state index in [-0.39, 0.29) is 5.91 Å². The van der Waals surface area contributed by atoms with Gasteiger partial charge in [0.15, 0.2) is 5.82 Å². The van der Waals surface area contributed by atoms with Crippen LogP contribution in [0.15, 0.2) is 49.1 Å². The van der Waals surface area contributed by atoms with Crippen LogP contribution in [-0.2, 0) is 17.8 Å². The van der Waals surface area contributed by atoms with Gasteiger partial charge in [0, 0.05) is 41.6 Å². The van der Waals surface area contributed by atoms with Crippen molar-refractivity contribution in [1.29, 1.82) is 0 Å². The molecule has 0 N–H and O–H groups in total. The zero-order valence-corrected chi connectivity index (χ0v) is 13.2. The largest absolute Gasteiger partial charge is 0.292 e. The highest BCUT2D eigenvalue weighted by Crippen LogP contribution is 2.32. The number of carbonyl (C=O) groups is 1. The molecule has 0 unspecified atom stereocenters. The van der Waals surface area contributed by atoms with Crippen LogP contribution in [0.2, 0.25) is 0 Å². The molecule has 0 spiro atoms. The van der Waals surface area contributed by atoms with Crippen LogP contribution >= 0.6 is 0 Å². The van der Waals surface area contributed by atoms with Gasteiger partial charge in [0.1, 0.15) is 5.82 Å². The van der Waals surface area contributed by atoms with Crippen LogP contribution in [0, 0.1) is 6.92 Å². The highest BCUT2D eigenvalue weighted by Gasteiger charge is 2.31. The van der Waals surface area contributed by atoms with Crippen molar-refractivity contribution in [3.63, 3.8) is 0 Å². The molecule has 24 heavy (non-hydrogen) atoms. The van der Waals surface area contributed by atoms with Crippen LogP contribution in [-0.4, -0.2) is 25.8 Å². The van der Waals surface area contributed by atoms with Crippen molar-refractivity contribution in [2.24, 2.45) is 0 Å². The first-order valence-corrected chi connectivity index (χ1v) is 7.69. The van der Waals surface area contributed by atoms with Gasteiger partial charge >= 0.3 is 0 Å². The van der Waals surface area contributed by atoms with E-state index in [0.29, 0.717) is 24.6 Å². The predicted octanol–water partition coefficient (Wildman–Crippen LogP) is 2.33. The molecule has 4 heterocycles. The Morgan fingerprint density at radius 3 is 2.58 bits per heavy atom. The summed E-state index contributed by atoms with van der Waals surface area (Å²) in [6.07, 6.45) is 7.26. The van der Waals surface area contributed by atoms with Gasteiger partial charge in [-0.3, -0.25) is 19.7 Å². The molecule has 0 bridgehead atoms. The Kier molecular flexibility index (Phi) is 3.49. The Hall–Kier alpha value is -3.15. The van der Waals surface area contributed by atoms with E-state index in [9.17, 15) is 4.79 Å². The Morgan fingerprint density at radius 1 is 1.08 bits per heavy atom. The van der Waals surface area contributed by atoms with Gasteiger partial charge in [-0.1, -0.05) is 6.07 Å². The highest BCUT2D eigenvalue weighted by molar-refractivity contribution is 6.00. The van der Waals surface area contributed by atoms with Gasteiger partial charge in [-0.15, -0.1) is 0 Å². The van der Waals surface area contributed by atoms with E-state index in [1.807, 2.05) is 31.2 Å². The first-order chi connectivity index (χ1) is 11.7. The molecule has 3 aromatic rings. The van der Waals surface area contributed by atoms with E-state index in [4.69, 9.17) is 0 Å². The van der Waals surface area contributed by atoms with Crippen molar-refractivity contribution in [1.82, 2.24) is 19.9 Å². The summed E-state index contributed by atoms with van der Waals surface area (Å²) in [7, 11) is 0. The molecule has 6 nitrogen and oxygen atoms in total. The average molecular weight is 317 g/mol. The average Bonchev–Trinajstić information content (AvgIpc) is 2.93. The zero-order valence-electron chi connectivity index (χ0n) is 13.2. The van der Waals surface area contributed by atoms with Gasteiger partial charge < -0.3 is 0 Å². The summed E-state index contributed by atoms with van der Waals surface area (Å²) in [5.74, 6) is 1.31. The summed E-state index contributed by atoms with van der Waals surface area (Å²) in [5, 5.41) is 0. The zero-order chi connectivity index (χ0) is 16.5. The fraction of sp³-hybridized carbons (Fsp3) is 0.167. The van der Waals surface area contributed by atoms with Crippen molar-refractivity contribution < 1.29 is 4.79 Å². The maximum absolute atomic E-state index is 12.5. The standard InChI is InChI=1S/C18H15N5O/c1-12-15-8-16(24)23(11-13-4-2-6-19-9-13)18(15)22-17(21-12)14-5-3-7-20-10-14/h2-7,9-10H,8,11H2,1H3. The molecule has 3 aromatic heterocycles. The van der Waals surface area contributed by atoms with Crippen LogP contribution < -0.4 is 4.90 Å². The summed E-state index contributed by atoms with van der Waals surface area (Å²) < 4.78 is 0. The van der Waals surface area contributed by atoms with Crippen molar-refractivity contribution in [3.8, 4) is 11.4 Å². The minimum absolute atomic E-state index is 0.0367. The van der Waals surface area contributed by atoms with Crippen LogP contribution in [0.4, 0.5) is 5.82 Å². The van der Waals surface area contributed by atoms with Gasteiger partial charge in [-0.25, -0.2) is 9.97 Å². The minimum atomic E-state index is 0.0367. The lowest BCUT2D eigenvalue weighted by Crippen LogP contribution is -2.26.